The first-order chi connectivity index (χ1) is 8.19. The van der Waals surface area contributed by atoms with Crippen molar-refractivity contribution in [2.45, 2.75) is 44.8 Å². The Labute approximate surface area is 103 Å². The van der Waals surface area contributed by atoms with Gasteiger partial charge in [-0.2, -0.15) is 0 Å². The zero-order chi connectivity index (χ0) is 11.9. The molecule has 0 aromatic heterocycles. The van der Waals surface area contributed by atoms with Gasteiger partial charge >= 0.3 is 0 Å². The molecule has 1 saturated carbocycles. The van der Waals surface area contributed by atoms with Crippen LogP contribution in [0.1, 0.15) is 32.6 Å². The minimum atomic E-state index is -0.0311. The van der Waals surface area contributed by atoms with Crippen molar-refractivity contribution in [2.24, 2.45) is 5.41 Å². The molecule has 2 heterocycles. The van der Waals surface area contributed by atoms with Gasteiger partial charge in [0.15, 0.2) is 0 Å². The second-order valence-electron chi connectivity index (χ2n) is 5.96. The normalized spacial score (nSPS) is 36.3. The van der Waals surface area contributed by atoms with Crippen molar-refractivity contribution in [3.63, 3.8) is 0 Å². The van der Waals surface area contributed by atoms with Crippen molar-refractivity contribution in [1.82, 2.24) is 10.2 Å². The van der Waals surface area contributed by atoms with Crippen LogP contribution < -0.4 is 5.32 Å². The van der Waals surface area contributed by atoms with E-state index in [4.69, 9.17) is 4.74 Å². The Morgan fingerprint density at radius 1 is 1.53 bits per heavy atom. The number of rotatable bonds is 2. The SMILES string of the molecule is CC1NCC2(CC2)CN(CC2CCCO2)C1=O. The minimum Gasteiger partial charge on any atom is -0.376 e. The summed E-state index contributed by atoms with van der Waals surface area (Å²) in [5.74, 6) is 0.254. The Balaban J connectivity index is 1.68. The van der Waals surface area contributed by atoms with Crippen LogP contribution in [-0.4, -0.2) is 49.2 Å². The van der Waals surface area contributed by atoms with E-state index in [-0.39, 0.29) is 18.1 Å². The van der Waals surface area contributed by atoms with Crippen LogP contribution in [0.3, 0.4) is 0 Å². The fraction of sp³-hybridized carbons (Fsp3) is 0.923. The summed E-state index contributed by atoms with van der Waals surface area (Å²) < 4.78 is 5.65. The second kappa shape index (κ2) is 4.25. The van der Waals surface area contributed by atoms with E-state index in [9.17, 15) is 4.79 Å². The molecule has 2 aliphatic heterocycles. The van der Waals surface area contributed by atoms with Crippen LogP contribution in [-0.2, 0) is 9.53 Å². The molecule has 4 heteroatoms. The summed E-state index contributed by atoms with van der Waals surface area (Å²) >= 11 is 0. The van der Waals surface area contributed by atoms with Gasteiger partial charge in [0.2, 0.25) is 5.91 Å². The summed E-state index contributed by atoms with van der Waals surface area (Å²) in [5.41, 5.74) is 0.388. The van der Waals surface area contributed by atoms with Gasteiger partial charge in [0.05, 0.1) is 12.1 Å². The maximum Gasteiger partial charge on any atom is 0.239 e. The molecule has 3 fully saturated rings. The van der Waals surface area contributed by atoms with Gasteiger partial charge < -0.3 is 15.0 Å². The Bertz CT molecular complexity index is 309. The topological polar surface area (TPSA) is 41.6 Å². The predicted octanol–water partition coefficient (Wildman–Crippen LogP) is 0.766. The van der Waals surface area contributed by atoms with Crippen LogP contribution in [0.25, 0.3) is 0 Å². The smallest absolute Gasteiger partial charge is 0.239 e. The lowest BCUT2D eigenvalue weighted by Crippen LogP contribution is -2.44. The third kappa shape index (κ3) is 2.33. The van der Waals surface area contributed by atoms with Gasteiger partial charge in [-0.15, -0.1) is 0 Å². The van der Waals surface area contributed by atoms with Crippen LogP contribution in [0.15, 0.2) is 0 Å². The third-order valence-corrected chi connectivity index (χ3v) is 4.40. The third-order valence-electron chi connectivity index (χ3n) is 4.40. The Morgan fingerprint density at radius 3 is 3.00 bits per heavy atom. The van der Waals surface area contributed by atoms with E-state index in [0.29, 0.717) is 5.41 Å². The lowest BCUT2D eigenvalue weighted by atomic mass is 10.1. The molecule has 1 spiro atoms. The van der Waals surface area contributed by atoms with Crippen LogP contribution in [0.5, 0.6) is 0 Å². The molecule has 3 aliphatic rings. The molecule has 1 N–H and O–H groups in total. The van der Waals surface area contributed by atoms with Crippen molar-refractivity contribution in [3.8, 4) is 0 Å². The number of nitrogens with zero attached hydrogens (tertiary/aromatic N) is 1. The number of ether oxygens (including phenoxy) is 1. The number of carbonyl (C=O) groups excluding carboxylic acids is 1. The molecule has 4 nitrogen and oxygen atoms in total. The maximum absolute atomic E-state index is 12.3. The average Bonchev–Trinajstić information content (AvgIpc) is 2.91. The zero-order valence-electron chi connectivity index (χ0n) is 10.6. The average molecular weight is 238 g/mol. The molecule has 3 rings (SSSR count). The van der Waals surface area contributed by atoms with E-state index in [1.165, 1.54) is 12.8 Å². The van der Waals surface area contributed by atoms with Gasteiger partial charge in [-0.05, 0) is 32.6 Å². The highest BCUT2D eigenvalue weighted by atomic mass is 16.5. The first-order valence-electron chi connectivity index (χ1n) is 6.82. The van der Waals surface area contributed by atoms with Crippen molar-refractivity contribution in [3.05, 3.63) is 0 Å². The molecule has 2 saturated heterocycles. The molecule has 0 bridgehead atoms. The van der Waals surface area contributed by atoms with Crippen molar-refractivity contribution < 1.29 is 9.53 Å². The van der Waals surface area contributed by atoms with E-state index in [0.717, 1.165) is 39.1 Å². The van der Waals surface area contributed by atoms with E-state index < -0.39 is 0 Å². The Kier molecular flexibility index (Phi) is 2.87. The van der Waals surface area contributed by atoms with E-state index in [1.54, 1.807) is 0 Å². The molecule has 17 heavy (non-hydrogen) atoms. The molecule has 2 unspecified atom stereocenters. The van der Waals surface area contributed by atoms with E-state index in [1.807, 2.05) is 11.8 Å². The van der Waals surface area contributed by atoms with E-state index in [2.05, 4.69) is 5.32 Å². The van der Waals surface area contributed by atoms with Gasteiger partial charge in [0.25, 0.3) is 0 Å². The summed E-state index contributed by atoms with van der Waals surface area (Å²) in [6, 6.07) is -0.0311. The van der Waals surface area contributed by atoms with Gasteiger partial charge in [-0.3, -0.25) is 4.79 Å². The predicted molar refractivity (Wildman–Crippen MR) is 64.7 cm³/mol. The number of nitrogens with one attached hydrogen (secondary N) is 1. The van der Waals surface area contributed by atoms with E-state index >= 15 is 0 Å². The molecule has 0 aromatic carbocycles. The lowest BCUT2D eigenvalue weighted by Gasteiger charge is -2.27. The number of carbonyl (C=O) groups is 1. The van der Waals surface area contributed by atoms with Crippen molar-refractivity contribution in [1.29, 1.82) is 0 Å². The number of hydrogen-bond acceptors (Lipinski definition) is 3. The molecule has 0 radical (unpaired) electrons. The minimum absolute atomic E-state index is 0.0311. The van der Waals surface area contributed by atoms with Gasteiger partial charge in [-0.1, -0.05) is 0 Å². The highest BCUT2D eigenvalue weighted by Gasteiger charge is 2.47. The van der Waals surface area contributed by atoms with Crippen LogP contribution in [0, 0.1) is 5.41 Å². The Morgan fingerprint density at radius 2 is 2.35 bits per heavy atom. The molecular formula is C13H22N2O2. The summed E-state index contributed by atoms with van der Waals surface area (Å²) in [4.78, 5) is 14.3. The first-order valence-corrected chi connectivity index (χ1v) is 6.82. The summed E-state index contributed by atoms with van der Waals surface area (Å²) in [6.45, 7) is 5.58. The summed E-state index contributed by atoms with van der Waals surface area (Å²) in [6.07, 6.45) is 5.06. The molecule has 1 amide bonds. The number of hydrogen-bond donors (Lipinski definition) is 1. The monoisotopic (exact) mass is 238 g/mol. The fourth-order valence-corrected chi connectivity index (χ4v) is 2.97. The first kappa shape index (κ1) is 11.5. The van der Waals surface area contributed by atoms with Crippen LogP contribution in [0.4, 0.5) is 0 Å². The lowest BCUT2D eigenvalue weighted by molar-refractivity contribution is -0.134. The summed E-state index contributed by atoms with van der Waals surface area (Å²) in [7, 11) is 0. The summed E-state index contributed by atoms with van der Waals surface area (Å²) in [5, 5.41) is 3.37. The van der Waals surface area contributed by atoms with Gasteiger partial charge in [0, 0.05) is 31.7 Å². The highest BCUT2D eigenvalue weighted by Crippen LogP contribution is 2.46. The molecule has 96 valence electrons. The molecular weight excluding hydrogens is 216 g/mol. The van der Waals surface area contributed by atoms with Crippen LogP contribution >= 0.6 is 0 Å². The van der Waals surface area contributed by atoms with Crippen molar-refractivity contribution >= 4 is 5.91 Å². The quantitative estimate of drug-likeness (QED) is 0.772. The van der Waals surface area contributed by atoms with Crippen LogP contribution in [0.2, 0.25) is 0 Å². The van der Waals surface area contributed by atoms with Gasteiger partial charge in [0.1, 0.15) is 0 Å². The highest BCUT2D eigenvalue weighted by molar-refractivity contribution is 5.82. The van der Waals surface area contributed by atoms with Crippen molar-refractivity contribution in [2.75, 3.05) is 26.2 Å². The molecule has 2 atom stereocenters. The fourth-order valence-electron chi connectivity index (χ4n) is 2.97. The number of amides is 1. The van der Waals surface area contributed by atoms with Gasteiger partial charge in [-0.25, -0.2) is 0 Å². The largest absolute Gasteiger partial charge is 0.376 e. The zero-order valence-corrected chi connectivity index (χ0v) is 10.6. The maximum atomic E-state index is 12.3. The second-order valence-corrected chi connectivity index (χ2v) is 5.96. The Hall–Kier alpha value is -0.610. The molecule has 1 aliphatic carbocycles. The molecule has 0 aromatic rings. The standard InChI is InChI=1S/C13H22N2O2/c1-10-12(16)15(7-11-3-2-6-17-11)9-13(4-5-13)8-14-10/h10-11,14H,2-9H2,1H3.